The minimum Gasteiger partial charge on any atom is -0.429 e. The Morgan fingerprint density at radius 3 is 3.00 bits per heavy atom. The summed E-state index contributed by atoms with van der Waals surface area (Å²) in [7, 11) is 0. The number of hydrogen-bond acceptors (Lipinski definition) is 3. The van der Waals surface area contributed by atoms with E-state index in [4.69, 9.17) is 10.2 Å². The van der Waals surface area contributed by atoms with Crippen LogP contribution in [-0.4, -0.2) is 4.98 Å². The minimum absolute atomic E-state index is 0.285. The van der Waals surface area contributed by atoms with E-state index in [1.807, 2.05) is 0 Å². The van der Waals surface area contributed by atoms with Crippen LogP contribution >= 0.6 is 0 Å². The molecular weight excluding hydrogens is 152 g/mol. The Labute approximate surface area is 72.0 Å². The van der Waals surface area contributed by atoms with Crippen molar-refractivity contribution in [3.05, 3.63) is 12.0 Å². The van der Waals surface area contributed by atoms with Crippen molar-refractivity contribution in [2.24, 2.45) is 11.8 Å². The van der Waals surface area contributed by atoms with Crippen molar-refractivity contribution < 1.29 is 4.42 Å². The van der Waals surface area contributed by atoms with Gasteiger partial charge in [-0.25, -0.2) is 4.98 Å². The van der Waals surface area contributed by atoms with Gasteiger partial charge in [0.2, 0.25) is 0 Å². The van der Waals surface area contributed by atoms with Gasteiger partial charge < -0.3 is 10.2 Å². The fraction of sp³-hybridized carbons (Fsp3) is 0.667. The van der Waals surface area contributed by atoms with Crippen LogP contribution in [0.4, 0.5) is 6.01 Å². The summed E-state index contributed by atoms with van der Waals surface area (Å²) in [6, 6.07) is 0.285. The molecule has 0 aliphatic heterocycles. The molecule has 0 radical (unpaired) electrons. The molecule has 2 N–H and O–H groups in total. The van der Waals surface area contributed by atoms with E-state index in [1.165, 1.54) is 12.8 Å². The van der Waals surface area contributed by atoms with Gasteiger partial charge in [-0.1, -0.05) is 6.92 Å². The van der Waals surface area contributed by atoms with Crippen molar-refractivity contribution >= 4 is 6.01 Å². The van der Waals surface area contributed by atoms with Crippen LogP contribution in [0.2, 0.25) is 0 Å². The molecule has 0 aromatic carbocycles. The first kappa shape index (κ1) is 7.65. The monoisotopic (exact) mass is 166 g/mol. The summed E-state index contributed by atoms with van der Waals surface area (Å²) in [5.41, 5.74) is 5.37. The van der Waals surface area contributed by atoms with Gasteiger partial charge in [0.05, 0.1) is 6.20 Å². The lowest BCUT2D eigenvalue weighted by Gasteiger charge is -2.05. The maximum Gasteiger partial charge on any atom is 0.292 e. The van der Waals surface area contributed by atoms with Gasteiger partial charge in [0.15, 0.2) is 0 Å². The van der Waals surface area contributed by atoms with Crippen LogP contribution < -0.4 is 5.73 Å². The molecule has 1 heterocycles. The van der Waals surface area contributed by atoms with E-state index in [2.05, 4.69) is 11.9 Å². The molecule has 1 aliphatic carbocycles. The number of hydrogen-bond donors (Lipinski definition) is 1. The molecular formula is C9H14N2O. The fourth-order valence-corrected chi connectivity index (χ4v) is 1.57. The van der Waals surface area contributed by atoms with E-state index in [-0.39, 0.29) is 6.01 Å². The van der Waals surface area contributed by atoms with Gasteiger partial charge in [-0.05, 0) is 24.7 Å². The summed E-state index contributed by atoms with van der Waals surface area (Å²) in [5, 5.41) is 0. The van der Waals surface area contributed by atoms with E-state index in [1.54, 1.807) is 6.20 Å². The third kappa shape index (κ3) is 1.60. The molecule has 1 unspecified atom stereocenters. The molecule has 0 spiro atoms. The number of nitrogen functional groups attached to an aromatic ring is 1. The largest absolute Gasteiger partial charge is 0.429 e. The highest BCUT2D eigenvalue weighted by atomic mass is 16.4. The van der Waals surface area contributed by atoms with Crippen LogP contribution in [-0.2, 0) is 6.42 Å². The summed E-state index contributed by atoms with van der Waals surface area (Å²) < 4.78 is 5.20. The minimum atomic E-state index is 0.285. The second-order valence-electron chi connectivity index (χ2n) is 3.68. The molecule has 0 amide bonds. The predicted octanol–water partition coefficient (Wildman–Crippen LogP) is 1.85. The number of rotatable bonds is 3. The zero-order chi connectivity index (χ0) is 8.55. The van der Waals surface area contributed by atoms with Crippen LogP contribution in [0.5, 0.6) is 0 Å². The lowest BCUT2D eigenvalue weighted by Crippen LogP contribution is -2.00. The second kappa shape index (κ2) is 2.81. The molecule has 1 fully saturated rings. The van der Waals surface area contributed by atoms with Gasteiger partial charge in [0, 0.05) is 6.42 Å². The average Bonchev–Trinajstić information content (AvgIpc) is 2.78. The van der Waals surface area contributed by atoms with E-state index >= 15 is 0 Å². The van der Waals surface area contributed by atoms with Crippen molar-refractivity contribution in [3.8, 4) is 0 Å². The van der Waals surface area contributed by atoms with Crippen molar-refractivity contribution in [2.45, 2.75) is 26.2 Å². The van der Waals surface area contributed by atoms with E-state index in [0.29, 0.717) is 0 Å². The van der Waals surface area contributed by atoms with Crippen molar-refractivity contribution in [2.75, 3.05) is 5.73 Å². The molecule has 1 aromatic rings. The first-order valence-corrected chi connectivity index (χ1v) is 4.46. The average molecular weight is 166 g/mol. The molecule has 1 atom stereocenters. The quantitative estimate of drug-likeness (QED) is 0.745. The summed E-state index contributed by atoms with van der Waals surface area (Å²) in [5.74, 6) is 2.56. The molecule has 2 rings (SSSR count). The van der Waals surface area contributed by atoms with Crippen molar-refractivity contribution in [3.63, 3.8) is 0 Å². The molecule has 1 aromatic heterocycles. The number of anilines is 1. The number of nitrogens with zero attached hydrogens (tertiary/aromatic N) is 1. The number of nitrogens with two attached hydrogens (primary N) is 1. The standard InChI is InChI=1S/C9H14N2O/c1-6(7-2-3-7)4-8-5-11-9(10)12-8/h5-7H,2-4H2,1H3,(H2,10,11). The van der Waals surface area contributed by atoms with E-state index in [9.17, 15) is 0 Å². The maximum atomic E-state index is 5.37. The van der Waals surface area contributed by atoms with E-state index < -0.39 is 0 Å². The molecule has 3 nitrogen and oxygen atoms in total. The van der Waals surface area contributed by atoms with E-state index in [0.717, 1.165) is 24.0 Å². The molecule has 0 saturated heterocycles. The summed E-state index contributed by atoms with van der Waals surface area (Å²) >= 11 is 0. The van der Waals surface area contributed by atoms with Crippen molar-refractivity contribution in [1.29, 1.82) is 0 Å². The molecule has 66 valence electrons. The van der Waals surface area contributed by atoms with Crippen LogP contribution in [0.25, 0.3) is 0 Å². The number of aromatic nitrogens is 1. The highest BCUT2D eigenvalue weighted by molar-refractivity contribution is 5.11. The summed E-state index contributed by atoms with van der Waals surface area (Å²) in [6.07, 6.45) is 5.47. The molecule has 0 bridgehead atoms. The van der Waals surface area contributed by atoms with Crippen LogP contribution in [0.3, 0.4) is 0 Å². The molecule has 3 heteroatoms. The Kier molecular flexibility index (Phi) is 1.79. The third-order valence-electron chi connectivity index (χ3n) is 2.52. The SMILES string of the molecule is CC(Cc1cnc(N)o1)C1CC1. The maximum absolute atomic E-state index is 5.37. The summed E-state index contributed by atoms with van der Waals surface area (Å²) in [6.45, 7) is 2.26. The zero-order valence-corrected chi connectivity index (χ0v) is 7.29. The smallest absolute Gasteiger partial charge is 0.292 e. The third-order valence-corrected chi connectivity index (χ3v) is 2.52. The highest BCUT2D eigenvalue weighted by Crippen LogP contribution is 2.38. The molecule has 1 saturated carbocycles. The Balaban J connectivity index is 1.93. The molecule has 12 heavy (non-hydrogen) atoms. The Hall–Kier alpha value is -0.990. The zero-order valence-electron chi connectivity index (χ0n) is 7.29. The predicted molar refractivity (Wildman–Crippen MR) is 46.5 cm³/mol. The number of oxazole rings is 1. The Morgan fingerprint density at radius 1 is 1.75 bits per heavy atom. The van der Waals surface area contributed by atoms with Gasteiger partial charge >= 0.3 is 0 Å². The first-order valence-electron chi connectivity index (χ1n) is 4.46. The van der Waals surface area contributed by atoms with Gasteiger partial charge in [-0.2, -0.15) is 0 Å². The topological polar surface area (TPSA) is 52.0 Å². The van der Waals surface area contributed by atoms with Gasteiger partial charge in [0.1, 0.15) is 5.76 Å². The van der Waals surface area contributed by atoms with Gasteiger partial charge in [0.25, 0.3) is 6.01 Å². The van der Waals surface area contributed by atoms with Crippen LogP contribution in [0.15, 0.2) is 10.6 Å². The normalized spacial score (nSPS) is 19.4. The second-order valence-corrected chi connectivity index (χ2v) is 3.68. The summed E-state index contributed by atoms with van der Waals surface area (Å²) in [4.78, 5) is 3.86. The Bertz CT molecular complexity index is 265. The lowest BCUT2D eigenvalue weighted by atomic mass is 10.0. The van der Waals surface area contributed by atoms with Gasteiger partial charge in [-0.15, -0.1) is 0 Å². The van der Waals surface area contributed by atoms with Gasteiger partial charge in [-0.3, -0.25) is 0 Å². The van der Waals surface area contributed by atoms with Crippen LogP contribution in [0, 0.1) is 11.8 Å². The van der Waals surface area contributed by atoms with Crippen LogP contribution in [0.1, 0.15) is 25.5 Å². The Morgan fingerprint density at radius 2 is 2.50 bits per heavy atom. The highest BCUT2D eigenvalue weighted by Gasteiger charge is 2.28. The lowest BCUT2D eigenvalue weighted by molar-refractivity contribution is 0.435. The van der Waals surface area contributed by atoms with Crippen molar-refractivity contribution in [1.82, 2.24) is 4.98 Å². The first-order chi connectivity index (χ1) is 5.75. The fourth-order valence-electron chi connectivity index (χ4n) is 1.57. The molecule has 1 aliphatic rings.